The van der Waals surface area contributed by atoms with Gasteiger partial charge in [0.2, 0.25) is 0 Å². The van der Waals surface area contributed by atoms with E-state index in [1.54, 1.807) is 22.7 Å². The van der Waals surface area contributed by atoms with Gasteiger partial charge in [0.05, 0.1) is 19.8 Å². The minimum atomic E-state index is -4.43. The van der Waals surface area contributed by atoms with E-state index in [9.17, 15) is 18.0 Å². The molecule has 0 aliphatic carbocycles. The molecule has 1 aliphatic rings. The first-order valence-electron chi connectivity index (χ1n) is 8.17. The van der Waals surface area contributed by atoms with Crippen molar-refractivity contribution in [2.75, 3.05) is 26.5 Å². The molecular formula is C19H18F3NO3S. The molecule has 144 valence electrons. The molecule has 0 radical (unpaired) electrons. The van der Waals surface area contributed by atoms with Crippen molar-refractivity contribution in [2.45, 2.75) is 11.6 Å². The van der Waals surface area contributed by atoms with Gasteiger partial charge in [-0.25, -0.2) is 0 Å². The van der Waals surface area contributed by atoms with Crippen LogP contribution in [0.3, 0.4) is 0 Å². The molecule has 0 spiro atoms. The maximum Gasteiger partial charge on any atom is 0.416 e. The van der Waals surface area contributed by atoms with Gasteiger partial charge in [-0.3, -0.25) is 4.79 Å². The second-order valence-electron chi connectivity index (χ2n) is 5.88. The highest BCUT2D eigenvalue weighted by Crippen LogP contribution is 2.45. The summed E-state index contributed by atoms with van der Waals surface area (Å²) in [7, 11) is 3.07. The van der Waals surface area contributed by atoms with E-state index in [0.717, 1.165) is 23.4 Å². The fraction of sp³-hybridized carbons (Fsp3) is 0.316. The van der Waals surface area contributed by atoms with E-state index < -0.39 is 11.7 Å². The number of hydrogen-bond acceptors (Lipinski definition) is 4. The van der Waals surface area contributed by atoms with Gasteiger partial charge >= 0.3 is 6.18 Å². The van der Waals surface area contributed by atoms with Crippen LogP contribution in [-0.4, -0.2) is 37.3 Å². The van der Waals surface area contributed by atoms with Gasteiger partial charge in [0, 0.05) is 23.4 Å². The predicted octanol–water partition coefficient (Wildman–Crippen LogP) is 4.61. The summed E-state index contributed by atoms with van der Waals surface area (Å²) in [4.78, 5) is 14.5. The smallest absolute Gasteiger partial charge is 0.416 e. The van der Waals surface area contributed by atoms with Crippen LogP contribution in [0.4, 0.5) is 13.2 Å². The quantitative estimate of drug-likeness (QED) is 0.755. The Morgan fingerprint density at radius 2 is 1.81 bits per heavy atom. The van der Waals surface area contributed by atoms with Gasteiger partial charge in [-0.05, 0) is 30.3 Å². The number of halogens is 3. The minimum absolute atomic E-state index is 0.220. The molecular weight excluding hydrogens is 379 g/mol. The van der Waals surface area contributed by atoms with Crippen LogP contribution in [0, 0.1) is 0 Å². The number of benzene rings is 2. The Kier molecular flexibility index (Phi) is 5.55. The van der Waals surface area contributed by atoms with Gasteiger partial charge in [0.15, 0.2) is 11.5 Å². The van der Waals surface area contributed by atoms with Crippen molar-refractivity contribution in [2.24, 2.45) is 0 Å². The highest BCUT2D eigenvalue weighted by Gasteiger charge is 2.35. The van der Waals surface area contributed by atoms with Crippen LogP contribution in [0.5, 0.6) is 11.5 Å². The number of alkyl halides is 3. The fourth-order valence-corrected chi connectivity index (χ4v) is 4.28. The lowest BCUT2D eigenvalue weighted by atomic mass is 10.1. The second kappa shape index (κ2) is 7.72. The summed E-state index contributed by atoms with van der Waals surface area (Å²) in [6.45, 7) is 0.496. The third-order valence-corrected chi connectivity index (χ3v) is 5.55. The van der Waals surface area contributed by atoms with Crippen molar-refractivity contribution in [1.29, 1.82) is 0 Å². The Labute approximate surface area is 159 Å². The summed E-state index contributed by atoms with van der Waals surface area (Å²) in [5.41, 5.74) is 0.234. The summed E-state index contributed by atoms with van der Waals surface area (Å²) in [6.07, 6.45) is -4.43. The molecule has 27 heavy (non-hydrogen) atoms. The topological polar surface area (TPSA) is 38.8 Å². The average Bonchev–Trinajstić information content (AvgIpc) is 3.15. The molecule has 2 aromatic carbocycles. The van der Waals surface area contributed by atoms with Crippen molar-refractivity contribution in [3.8, 4) is 11.5 Å². The van der Waals surface area contributed by atoms with E-state index >= 15 is 0 Å². The molecule has 1 heterocycles. The van der Waals surface area contributed by atoms with E-state index in [0.29, 0.717) is 18.0 Å². The molecule has 1 amide bonds. The number of nitrogens with zero attached hydrogens (tertiary/aromatic N) is 1. The van der Waals surface area contributed by atoms with Crippen molar-refractivity contribution in [3.05, 3.63) is 59.2 Å². The van der Waals surface area contributed by atoms with Crippen LogP contribution in [0.15, 0.2) is 42.5 Å². The van der Waals surface area contributed by atoms with Crippen LogP contribution >= 0.6 is 11.8 Å². The summed E-state index contributed by atoms with van der Waals surface area (Å²) >= 11 is 1.57. The number of methoxy groups -OCH3 is 2. The summed E-state index contributed by atoms with van der Waals surface area (Å²) in [5, 5.41) is -0.301. The Balaban J connectivity index is 1.90. The lowest BCUT2D eigenvalue weighted by Crippen LogP contribution is -2.30. The zero-order chi connectivity index (χ0) is 19.6. The maximum absolute atomic E-state index is 12.9. The summed E-state index contributed by atoms with van der Waals surface area (Å²) in [6, 6.07) is 9.73. The maximum atomic E-state index is 12.9. The van der Waals surface area contributed by atoms with E-state index in [-0.39, 0.29) is 16.8 Å². The lowest BCUT2D eigenvalue weighted by Gasteiger charge is -2.26. The van der Waals surface area contributed by atoms with Gasteiger partial charge in [-0.1, -0.05) is 12.1 Å². The SMILES string of the molecule is COc1cccc([C@H]2SCCN2C(=O)c2ccc(C(F)(F)F)cc2)c1OC. The molecule has 0 N–H and O–H groups in total. The molecule has 1 saturated heterocycles. The number of thioether (sulfide) groups is 1. The van der Waals surface area contributed by atoms with Crippen molar-refractivity contribution >= 4 is 17.7 Å². The molecule has 0 saturated carbocycles. The van der Waals surface area contributed by atoms with Crippen molar-refractivity contribution < 1.29 is 27.4 Å². The molecule has 0 bridgehead atoms. The molecule has 3 rings (SSSR count). The van der Waals surface area contributed by atoms with E-state index in [4.69, 9.17) is 9.47 Å². The largest absolute Gasteiger partial charge is 0.493 e. The number of carbonyl (C=O) groups excluding carboxylic acids is 1. The van der Waals surface area contributed by atoms with Crippen molar-refractivity contribution in [1.82, 2.24) is 4.90 Å². The van der Waals surface area contributed by atoms with E-state index in [1.807, 2.05) is 12.1 Å². The zero-order valence-electron chi connectivity index (χ0n) is 14.7. The summed E-state index contributed by atoms with van der Waals surface area (Å²) < 4.78 is 49.0. The predicted molar refractivity (Wildman–Crippen MR) is 97.2 cm³/mol. The van der Waals surface area contributed by atoms with Crippen LogP contribution in [0.25, 0.3) is 0 Å². The Bertz CT molecular complexity index is 824. The number of ether oxygens (including phenoxy) is 2. The van der Waals surface area contributed by atoms with E-state index in [1.165, 1.54) is 26.4 Å². The first kappa shape index (κ1) is 19.4. The third kappa shape index (κ3) is 3.85. The monoisotopic (exact) mass is 397 g/mol. The average molecular weight is 397 g/mol. The van der Waals surface area contributed by atoms with Crippen LogP contribution < -0.4 is 9.47 Å². The Morgan fingerprint density at radius 1 is 1.11 bits per heavy atom. The highest BCUT2D eigenvalue weighted by atomic mass is 32.2. The number of hydrogen-bond donors (Lipinski definition) is 0. The third-order valence-electron chi connectivity index (χ3n) is 4.31. The fourth-order valence-electron chi connectivity index (χ4n) is 3.01. The standard InChI is InChI=1S/C19H18F3NO3S/c1-25-15-5-3-4-14(16(15)26-2)18-23(10-11-27-18)17(24)12-6-8-13(9-7-12)19(20,21)22/h3-9,18H,10-11H2,1-2H3/t18-/m1/s1. The van der Waals surface area contributed by atoms with Crippen LogP contribution in [0.2, 0.25) is 0 Å². The molecule has 8 heteroatoms. The first-order chi connectivity index (χ1) is 12.9. The van der Waals surface area contributed by atoms with Gasteiger partial charge in [0.1, 0.15) is 5.37 Å². The molecule has 0 unspecified atom stereocenters. The molecule has 1 fully saturated rings. The van der Waals surface area contributed by atoms with Gasteiger partial charge in [0.25, 0.3) is 5.91 Å². The van der Waals surface area contributed by atoms with Crippen molar-refractivity contribution in [3.63, 3.8) is 0 Å². The van der Waals surface area contributed by atoms with Crippen LogP contribution in [-0.2, 0) is 6.18 Å². The van der Waals surface area contributed by atoms with E-state index in [2.05, 4.69) is 0 Å². The second-order valence-corrected chi connectivity index (χ2v) is 7.07. The normalized spacial score (nSPS) is 17.1. The number of rotatable bonds is 4. The van der Waals surface area contributed by atoms with Gasteiger partial charge < -0.3 is 14.4 Å². The highest BCUT2D eigenvalue weighted by molar-refractivity contribution is 7.99. The molecule has 4 nitrogen and oxygen atoms in total. The Morgan fingerprint density at radius 3 is 2.41 bits per heavy atom. The zero-order valence-corrected chi connectivity index (χ0v) is 15.6. The van der Waals surface area contributed by atoms with Crippen LogP contribution in [0.1, 0.15) is 26.9 Å². The minimum Gasteiger partial charge on any atom is -0.493 e. The number of para-hydroxylation sites is 1. The first-order valence-corrected chi connectivity index (χ1v) is 9.22. The molecule has 1 atom stereocenters. The lowest BCUT2D eigenvalue weighted by molar-refractivity contribution is -0.137. The molecule has 2 aromatic rings. The van der Waals surface area contributed by atoms with Gasteiger partial charge in [-0.2, -0.15) is 13.2 Å². The summed E-state index contributed by atoms with van der Waals surface area (Å²) in [5.74, 6) is 1.51. The number of amides is 1. The number of carbonyl (C=O) groups is 1. The Hall–Kier alpha value is -2.35. The van der Waals surface area contributed by atoms with Gasteiger partial charge in [-0.15, -0.1) is 11.8 Å². The molecule has 1 aliphatic heterocycles. The molecule has 0 aromatic heterocycles.